The average Bonchev–Trinajstić information content (AvgIpc) is 3.05. The molecule has 1 aromatic rings. The van der Waals surface area contributed by atoms with E-state index in [9.17, 15) is 9.59 Å². The number of aromatic nitrogens is 2. The number of halogens is 2. The van der Waals surface area contributed by atoms with E-state index in [0.29, 0.717) is 19.4 Å². The Morgan fingerprint density at radius 1 is 1.31 bits per heavy atom. The molecule has 0 aliphatic rings. The van der Waals surface area contributed by atoms with Crippen LogP contribution in [0.1, 0.15) is 45.1 Å². The molecule has 0 bridgehead atoms. The summed E-state index contributed by atoms with van der Waals surface area (Å²) in [6.07, 6.45) is 2.78. The highest BCUT2D eigenvalue weighted by atomic mass is 35.5. The van der Waals surface area contributed by atoms with Crippen molar-refractivity contribution in [1.29, 1.82) is 0 Å². The Labute approximate surface area is 183 Å². The molecule has 1 aromatic heterocycles. The van der Waals surface area contributed by atoms with E-state index in [1.165, 1.54) is 7.11 Å². The van der Waals surface area contributed by atoms with E-state index in [0.717, 1.165) is 11.5 Å². The molecule has 1 rings (SSSR count). The third-order valence-corrected chi connectivity index (χ3v) is 3.86. The predicted octanol–water partition coefficient (Wildman–Crippen LogP) is 0.132. The Hall–Kier alpha value is -2.04. The Balaban J connectivity index is 0. The fourth-order valence-corrected chi connectivity index (χ4v) is 2.35. The molecule has 0 fully saturated rings. The normalized spacial score (nSPS) is 12.6. The fourth-order valence-electron chi connectivity index (χ4n) is 2.35. The first-order valence-corrected chi connectivity index (χ1v) is 8.78. The van der Waals surface area contributed by atoms with Crippen molar-refractivity contribution in [3.63, 3.8) is 0 Å². The number of hydrogen-bond acceptors (Lipinski definition) is 6. The molecule has 0 saturated carbocycles. The minimum Gasteiger partial charge on any atom is -0.467 e. The zero-order valence-corrected chi connectivity index (χ0v) is 18.9. The lowest BCUT2D eigenvalue weighted by Crippen LogP contribution is -2.49. The molecule has 0 aliphatic carbocycles. The van der Waals surface area contributed by atoms with Crippen LogP contribution in [-0.2, 0) is 26.2 Å². The first-order valence-electron chi connectivity index (χ1n) is 8.78. The van der Waals surface area contributed by atoms with Gasteiger partial charge in [0.15, 0.2) is 5.96 Å². The lowest BCUT2D eigenvalue weighted by molar-refractivity contribution is -0.145. The van der Waals surface area contributed by atoms with E-state index in [-0.39, 0.29) is 42.6 Å². The van der Waals surface area contributed by atoms with Crippen LogP contribution in [0.15, 0.2) is 11.2 Å². The van der Waals surface area contributed by atoms with Crippen molar-refractivity contribution in [3.8, 4) is 0 Å². The molecule has 1 amide bonds. The number of nitrogens with two attached hydrogens (primary N) is 3. The average molecular weight is 454 g/mol. The van der Waals surface area contributed by atoms with Gasteiger partial charge in [0.1, 0.15) is 11.9 Å². The number of hydrogen-bond donors (Lipinski definition) is 5. The first kappa shape index (κ1) is 29.2. The van der Waals surface area contributed by atoms with Crippen LogP contribution < -0.4 is 22.5 Å². The van der Waals surface area contributed by atoms with Crippen LogP contribution in [0.2, 0.25) is 0 Å². The summed E-state index contributed by atoms with van der Waals surface area (Å²) in [5, 5.41) is 2.63. The third-order valence-electron chi connectivity index (χ3n) is 3.86. The van der Waals surface area contributed by atoms with E-state index in [4.69, 9.17) is 21.9 Å². The molecule has 0 saturated heterocycles. The highest BCUT2D eigenvalue weighted by Crippen LogP contribution is 2.18. The van der Waals surface area contributed by atoms with Gasteiger partial charge in [0, 0.05) is 30.3 Å². The number of guanidine groups is 1. The van der Waals surface area contributed by atoms with E-state index in [2.05, 4.69) is 20.3 Å². The van der Waals surface area contributed by atoms with Crippen LogP contribution >= 0.6 is 24.8 Å². The molecule has 12 heteroatoms. The molecular formula is C17H33Cl2N7O3. The summed E-state index contributed by atoms with van der Waals surface area (Å²) in [7, 11) is 1.26. The van der Waals surface area contributed by atoms with Gasteiger partial charge >= 0.3 is 5.97 Å². The summed E-state index contributed by atoms with van der Waals surface area (Å²) >= 11 is 0. The number of imidazole rings is 1. The molecule has 10 nitrogen and oxygen atoms in total. The second-order valence-corrected chi connectivity index (χ2v) is 7.35. The van der Waals surface area contributed by atoms with Crippen LogP contribution in [0.5, 0.6) is 0 Å². The summed E-state index contributed by atoms with van der Waals surface area (Å²) in [5.74, 6) is -0.196. The number of nitrogens with zero attached hydrogens (tertiary/aromatic N) is 2. The number of aromatic amines is 1. The molecule has 29 heavy (non-hydrogen) atoms. The molecule has 0 aromatic carbocycles. The van der Waals surface area contributed by atoms with Gasteiger partial charge in [-0.05, 0) is 12.8 Å². The number of carbonyl (C=O) groups excluding carboxylic acids is 2. The van der Waals surface area contributed by atoms with E-state index >= 15 is 0 Å². The number of amides is 1. The summed E-state index contributed by atoms with van der Waals surface area (Å²) in [4.78, 5) is 35.6. The number of methoxy groups -OCH3 is 1. The van der Waals surface area contributed by atoms with Crippen molar-refractivity contribution in [3.05, 3.63) is 17.7 Å². The maximum atomic E-state index is 12.4. The Morgan fingerprint density at radius 3 is 2.41 bits per heavy atom. The Kier molecular flexibility index (Phi) is 13.3. The maximum absolute atomic E-state index is 12.4. The van der Waals surface area contributed by atoms with Gasteiger partial charge in [0.05, 0.1) is 13.2 Å². The standard InChI is InChI=1S/C17H31N7O3.2ClH/c1-17(2,3)15-22-9-10(23-15)8-11(18)13(25)24-12(14(26)27-4)6-5-7-21-16(19)20;;/h9,11-12H,5-8,18H2,1-4H3,(H,22,23)(H,24,25)(H4,19,20,21);2*1H/t11-,12-;;/m0../s1. The molecule has 0 radical (unpaired) electrons. The van der Waals surface area contributed by atoms with Crippen LogP contribution in [-0.4, -0.2) is 53.5 Å². The van der Waals surface area contributed by atoms with E-state index < -0.39 is 24.0 Å². The van der Waals surface area contributed by atoms with Gasteiger partial charge in [-0.2, -0.15) is 0 Å². The predicted molar refractivity (Wildman–Crippen MR) is 117 cm³/mol. The van der Waals surface area contributed by atoms with Gasteiger partial charge in [0.2, 0.25) is 5.91 Å². The lowest BCUT2D eigenvalue weighted by atomic mass is 9.96. The van der Waals surface area contributed by atoms with Crippen LogP contribution in [0.4, 0.5) is 0 Å². The Morgan fingerprint density at radius 2 is 1.93 bits per heavy atom. The topological polar surface area (TPSA) is 174 Å². The molecule has 1 heterocycles. The summed E-state index contributed by atoms with van der Waals surface area (Å²) in [5.41, 5.74) is 17.1. The SMILES string of the molecule is COC(=O)[C@H](CCCN=C(N)N)NC(=O)[C@@H](N)Cc1cnc(C(C)(C)C)[nH]1.Cl.Cl. The Bertz CT molecular complexity index is 670. The molecule has 0 aliphatic heterocycles. The number of carbonyl (C=O) groups is 2. The quantitative estimate of drug-likeness (QED) is 0.153. The van der Waals surface area contributed by atoms with Crippen molar-refractivity contribution in [2.75, 3.05) is 13.7 Å². The van der Waals surface area contributed by atoms with Gasteiger partial charge in [0.25, 0.3) is 0 Å². The summed E-state index contributed by atoms with van der Waals surface area (Å²) < 4.78 is 4.73. The molecule has 2 atom stereocenters. The van der Waals surface area contributed by atoms with Crippen molar-refractivity contribution in [1.82, 2.24) is 15.3 Å². The number of esters is 1. The van der Waals surface area contributed by atoms with Gasteiger partial charge in [-0.1, -0.05) is 20.8 Å². The van der Waals surface area contributed by atoms with Gasteiger partial charge in [-0.15, -0.1) is 24.8 Å². The highest BCUT2D eigenvalue weighted by molar-refractivity contribution is 5.87. The number of H-pyrrole nitrogens is 1. The van der Waals surface area contributed by atoms with Gasteiger partial charge in [-0.25, -0.2) is 9.78 Å². The smallest absolute Gasteiger partial charge is 0.328 e. The summed E-state index contributed by atoms with van der Waals surface area (Å²) in [6, 6.07) is -1.64. The largest absolute Gasteiger partial charge is 0.467 e. The van der Waals surface area contributed by atoms with E-state index in [1.54, 1.807) is 6.20 Å². The van der Waals surface area contributed by atoms with Crippen LogP contribution in [0, 0.1) is 0 Å². The molecule has 8 N–H and O–H groups in total. The number of ether oxygens (including phenoxy) is 1. The van der Waals surface area contributed by atoms with E-state index in [1.807, 2.05) is 20.8 Å². The zero-order valence-electron chi connectivity index (χ0n) is 17.2. The van der Waals surface area contributed by atoms with Crippen molar-refractivity contribution in [2.24, 2.45) is 22.2 Å². The highest BCUT2D eigenvalue weighted by Gasteiger charge is 2.25. The molecule has 0 unspecified atom stereocenters. The van der Waals surface area contributed by atoms with Crippen LogP contribution in [0.25, 0.3) is 0 Å². The van der Waals surface area contributed by atoms with Crippen molar-refractivity contribution >= 4 is 42.7 Å². The minimum atomic E-state index is -0.830. The maximum Gasteiger partial charge on any atom is 0.328 e. The van der Waals surface area contributed by atoms with Gasteiger partial charge < -0.3 is 32.2 Å². The monoisotopic (exact) mass is 453 g/mol. The summed E-state index contributed by atoms with van der Waals surface area (Å²) in [6.45, 7) is 6.45. The first-order chi connectivity index (χ1) is 12.5. The second-order valence-electron chi connectivity index (χ2n) is 7.35. The lowest BCUT2D eigenvalue weighted by Gasteiger charge is -2.19. The minimum absolute atomic E-state index is 0. The zero-order chi connectivity index (χ0) is 20.6. The van der Waals surface area contributed by atoms with Crippen LogP contribution in [0.3, 0.4) is 0 Å². The number of aliphatic imine (C=N–C) groups is 1. The third kappa shape index (κ3) is 10.3. The molecule has 168 valence electrons. The number of rotatable bonds is 9. The second kappa shape index (κ2) is 13.2. The van der Waals surface area contributed by atoms with Gasteiger partial charge in [-0.3, -0.25) is 9.79 Å². The molecule has 0 spiro atoms. The van der Waals surface area contributed by atoms with Crippen molar-refractivity contribution in [2.45, 2.75) is 57.5 Å². The van der Waals surface area contributed by atoms with Crippen molar-refractivity contribution < 1.29 is 14.3 Å². The fraction of sp³-hybridized carbons (Fsp3) is 0.647. The number of nitrogens with one attached hydrogen (secondary N) is 2. The molecular weight excluding hydrogens is 421 g/mol.